The molecule has 4 nitrogen and oxygen atoms in total. The van der Waals surface area contributed by atoms with Crippen LogP contribution in [0.5, 0.6) is 0 Å². The molecule has 1 aliphatic rings. The average molecular weight is 412 g/mol. The summed E-state index contributed by atoms with van der Waals surface area (Å²) in [7, 11) is 7.05. The number of hydrogen-bond acceptors (Lipinski definition) is 0. The van der Waals surface area contributed by atoms with Gasteiger partial charge in [-0.25, -0.2) is 12.3 Å². The Kier molecular flexibility index (Phi) is 44.6. The molecule has 0 bridgehead atoms. The second-order valence-corrected chi connectivity index (χ2v) is 4.39. The van der Waals surface area contributed by atoms with E-state index in [1.807, 2.05) is 13.8 Å². The van der Waals surface area contributed by atoms with Crippen LogP contribution < -0.4 is 0 Å². The Hall–Kier alpha value is -0.0566. The minimum atomic E-state index is 0. The smallest absolute Gasteiger partial charge is 0.681 e. The van der Waals surface area contributed by atoms with Gasteiger partial charge < -0.3 is 36.1 Å². The maximum atomic E-state index is 3.84. The van der Waals surface area contributed by atoms with Gasteiger partial charge in [-0.1, -0.05) is 24.3 Å². The predicted octanol–water partition coefficient (Wildman–Crippen LogP) is 6.25. The predicted molar refractivity (Wildman–Crippen MR) is 106 cm³/mol. The third kappa shape index (κ3) is 34.3. The van der Waals surface area contributed by atoms with Crippen molar-refractivity contribution in [1.82, 2.24) is 0 Å². The first-order valence-corrected chi connectivity index (χ1v) is 7.28. The zero-order valence-electron chi connectivity index (χ0n) is 16.4. The Morgan fingerprint density at radius 3 is 0.826 bits per heavy atom. The molecule has 0 aromatic rings. The van der Waals surface area contributed by atoms with Gasteiger partial charge in [-0.05, 0) is 25.7 Å². The van der Waals surface area contributed by atoms with Crippen LogP contribution in [0.4, 0.5) is 0 Å². The summed E-state index contributed by atoms with van der Waals surface area (Å²) < 4.78 is 0. The summed E-state index contributed by atoms with van der Waals surface area (Å²) in [6, 6.07) is 0. The van der Waals surface area contributed by atoms with Gasteiger partial charge in [0.1, 0.15) is 0 Å². The summed E-state index contributed by atoms with van der Waals surface area (Å²) in [6.45, 7) is 3.89. The fourth-order valence-electron chi connectivity index (χ4n) is 1.09. The number of hydrogen-bond donors (Lipinski definition) is 0. The van der Waals surface area contributed by atoms with Crippen molar-refractivity contribution in [3.8, 4) is 0 Å². The van der Waals surface area contributed by atoms with Crippen LogP contribution in [0.1, 0.15) is 39.5 Å². The standard InChI is InChI=1S/C8H12.2C4H10N2.2CH3.Ru/c1-2-4-6-8-7-5-3-1;2*1-4(5-2)6-3;;;/h1-2,7-8H,3-6H2;2*4H,1-3H3;2*1H3;/q;2*-2;2*-1;+6/b2-1-,8-7?;;;;;. The fraction of sp³-hybridized carbons (Fsp3) is 0.667. The van der Waals surface area contributed by atoms with E-state index in [0.29, 0.717) is 0 Å². The summed E-state index contributed by atoms with van der Waals surface area (Å²) in [5, 5.41) is 15.4. The molecular weight excluding hydrogens is 373 g/mol. The van der Waals surface area contributed by atoms with E-state index < -0.39 is 0 Å². The van der Waals surface area contributed by atoms with Crippen LogP contribution in [-0.4, -0.2) is 40.5 Å². The molecule has 0 saturated carbocycles. The molecule has 0 unspecified atom stereocenters. The fourth-order valence-corrected chi connectivity index (χ4v) is 1.09. The van der Waals surface area contributed by atoms with Crippen molar-refractivity contribution in [2.75, 3.05) is 28.2 Å². The summed E-state index contributed by atoms with van der Waals surface area (Å²) >= 11 is 0. The first-order chi connectivity index (χ1) is 9.62. The minimum Gasteiger partial charge on any atom is -0.681 e. The number of nitrogens with zero attached hydrogens (tertiary/aromatic N) is 4. The van der Waals surface area contributed by atoms with Crippen molar-refractivity contribution in [1.29, 1.82) is 0 Å². The van der Waals surface area contributed by atoms with E-state index in [-0.39, 0.29) is 46.7 Å². The van der Waals surface area contributed by atoms with E-state index in [1.54, 1.807) is 28.2 Å². The van der Waals surface area contributed by atoms with Gasteiger partial charge in [-0.2, -0.15) is 28.2 Å². The molecule has 138 valence electrons. The normalized spacial score (nSPS) is 13.6. The Bertz CT molecular complexity index is 189. The molecule has 0 N–H and O–H groups in total. The van der Waals surface area contributed by atoms with Crippen molar-refractivity contribution in [3.05, 3.63) is 60.4 Å². The number of rotatable bonds is 4. The molecule has 1 aliphatic carbocycles. The van der Waals surface area contributed by atoms with Gasteiger partial charge in [0.2, 0.25) is 0 Å². The molecule has 23 heavy (non-hydrogen) atoms. The van der Waals surface area contributed by atoms with E-state index in [4.69, 9.17) is 0 Å². The van der Waals surface area contributed by atoms with Crippen LogP contribution in [0.25, 0.3) is 21.3 Å². The minimum absolute atomic E-state index is 0. The Morgan fingerprint density at radius 2 is 0.739 bits per heavy atom. The zero-order valence-corrected chi connectivity index (χ0v) is 18.2. The largest absolute Gasteiger partial charge is 6.00 e. The molecule has 0 spiro atoms. The second-order valence-electron chi connectivity index (χ2n) is 4.39. The van der Waals surface area contributed by atoms with Crippen LogP contribution in [0.2, 0.25) is 0 Å². The molecule has 1 rings (SSSR count). The summed E-state index contributed by atoms with van der Waals surface area (Å²) in [6.07, 6.45) is 14.4. The SMILES string of the molecule is C1=CCC/C=C\CC1.C[N-]C(C)[N-]C.C[N-]C(C)[N-]C.[CH3-].[CH3-].[Ru+6]. The Labute approximate surface area is 160 Å². The summed E-state index contributed by atoms with van der Waals surface area (Å²) in [4.78, 5) is 0. The Morgan fingerprint density at radius 1 is 0.565 bits per heavy atom. The molecule has 5 heteroatoms. The molecule has 0 heterocycles. The van der Waals surface area contributed by atoms with Crippen LogP contribution in [0, 0.1) is 14.9 Å². The molecule has 0 atom stereocenters. The van der Waals surface area contributed by atoms with Crippen LogP contribution in [0.15, 0.2) is 24.3 Å². The quantitative estimate of drug-likeness (QED) is 0.298. The molecule has 0 amide bonds. The van der Waals surface area contributed by atoms with E-state index in [0.717, 1.165) is 0 Å². The van der Waals surface area contributed by atoms with Crippen molar-refractivity contribution in [2.45, 2.75) is 51.9 Å². The van der Waals surface area contributed by atoms with Gasteiger partial charge in [-0.3, -0.25) is 0 Å². The first-order valence-electron chi connectivity index (χ1n) is 7.28. The maximum Gasteiger partial charge on any atom is 6.00 e. The molecule has 0 saturated heterocycles. The van der Waals surface area contributed by atoms with Gasteiger partial charge in [0.15, 0.2) is 0 Å². The monoisotopic (exact) mass is 412 g/mol. The van der Waals surface area contributed by atoms with Gasteiger partial charge in [0.05, 0.1) is 0 Å². The average Bonchev–Trinajstić information content (AvgIpc) is 2.46. The van der Waals surface area contributed by atoms with Gasteiger partial charge in [0, 0.05) is 0 Å². The van der Waals surface area contributed by atoms with Crippen molar-refractivity contribution >= 4 is 0 Å². The van der Waals surface area contributed by atoms with Crippen LogP contribution in [0.3, 0.4) is 0 Å². The number of allylic oxidation sites excluding steroid dienone is 4. The molecular formula is C18H38N4Ru. The Balaban J connectivity index is -0.0000000673. The second kappa shape index (κ2) is 29.9. The van der Waals surface area contributed by atoms with Crippen molar-refractivity contribution < 1.29 is 19.5 Å². The molecule has 0 aliphatic heterocycles. The van der Waals surface area contributed by atoms with Gasteiger partial charge in [0.25, 0.3) is 0 Å². The maximum absolute atomic E-state index is 3.84. The van der Waals surface area contributed by atoms with Gasteiger partial charge >= 0.3 is 19.5 Å². The molecule has 0 aromatic heterocycles. The third-order valence-electron chi connectivity index (χ3n) is 2.83. The van der Waals surface area contributed by atoms with Crippen LogP contribution in [-0.2, 0) is 19.5 Å². The van der Waals surface area contributed by atoms with E-state index in [1.165, 1.54) is 25.7 Å². The van der Waals surface area contributed by atoms with E-state index >= 15 is 0 Å². The molecule has 0 fully saturated rings. The van der Waals surface area contributed by atoms with E-state index in [9.17, 15) is 0 Å². The summed E-state index contributed by atoms with van der Waals surface area (Å²) in [5.41, 5.74) is 0. The zero-order chi connectivity index (χ0) is 15.6. The van der Waals surface area contributed by atoms with E-state index in [2.05, 4.69) is 45.6 Å². The first kappa shape index (κ1) is 34.3. The van der Waals surface area contributed by atoms with Crippen LogP contribution >= 0.6 is 0 Å². The third-order valence-corrected chi connectivity index (χ3v) is 2.83. The van der Waals surface area contributed by atoms with Gasteiger partial charge in [-0.15, -0.1) is 13.8 Å². The topological polar surface area (TPSA) is 56.4 Å². The molecule has 0 radical (unpaired) electrons. The van der Waals surface area contributed by atoms with Crippen molar-refractivity contribution in [2.24, 2.45) is 0 Å². The summed E-state index contributed by atoms with van der Waals surface area (Å²) in [5.74, 6) is 0. The van der Waals surface area contributed by atoms with Crippen molar-refractivity contribution in [3.63, 3.8) is 0 Å². The molecule has 0 aromatic carbocycles.